The number of halogens is 1. The Morgan fingerprint density at radius 1 is 1.30 bits per heavy atom. The molecule has 27 heavy (non-hydrogen) atoms. The van der Waals surface area contributed by atoms with Gasteiger partial charge in [-0.15, -0.1) is 11.8 Å². The van der Waals surface area contributed by atoms with Crippen molar-refractivity contribution in [1.82, 2.24) is 20.4 Å². The smallest absolute Gasteiger partial charge is 0.191 e. The van der Waals surface area contributed by atoms with Crippen LogP contribution in [0.3, 0.4) is 0 Å². The Morgan fingerprint density at radius 3 is 2.59 bits per heavy atom. The molecule has 1 heterocycles. The molecular formula is C20H30ClN5S. The summed E-state index contributed by atoms with van der Waals surface area (Å²) in [6.07, 6.45) is 0.926. The van der Waals surface area contributed by atoms with Gasteiger partial charge >= 0.3 is 0 Å². The Kier molecular flexibility index (Phi) is 8.51. The van der Waals surface area contributed by atoms with Crippen LogP contribution in [0.2, 0.25) is 5.02 Å². The predicted molar refractivity (Wildman–Crippen MR) is 117 cm³/mol. The molecule has 2 N–H and O–H groups in total. The zero-order chi connectivity index (χ0) is 19.8. The molecule has 0 spiro atoms. The van der Waals surface area contributed by atoms with E-state index in [0.717, 1.165) is 41.9 Å². The Labute approximate surface area is 172 Å². The molecule has 2 rings (SSSR count). The molecule has 148 valence electrons. The van der Waals surface area contributed by atoms with Gasteiger partial charge in [0.15, 0.2) is 5.96 Å². The summed E-state index contributed by atoms with van der Waals surface area (Å²) in [4.78, 5) is 5.92. The quantitative estimate of drug-likeness (QED) is 0.301. The number of rotatable bonds is 8. The zero-order valence-corrected chi connectivity index (χ0v) is 18.4. The lowest BCUT2D eigenvalue weighted by Gasteiger charge is -2.18. The lowest BCUT2D eigenvalue weighted by molar-refractivity contribution is 0.636. The minimum atomic E-state index is 0.272. The highest BCUT2D eigenvalue weighted by Crippen LogP contribution is 2.20. The fraction of sp³-hybridized carbons (Fsp3) is 0.500. The summed E-state index contributed by atoms with van der Waals surface area (Å²) in [7, 11) is 1.99. The molecule has 0 amide bonds. The van der Waals surface area contributed by atoms with Crippen LogP contribution in [0.25, 0.3) is 0 Å². The Hall–Kier alpha value is -1.66. The number of benzene rings is 1. The maximum atomic E-state index is 5.92. The maximum absolute atomic E-state index is 5.92. The number of aromatic nitrogens is 2. The molecule has 5 nitrogen and oxygen atoms in total. The monoisotopic (exact) mass is 407 g/mol. The molecule has 0 bridgehead atoms. The van der Waals surface area contributed by atoms with Crippen LogP contribution >= 0.6 is 23.4 Å². The SMILES string of the molecule is CCNC(=NCCSc1ccc(Cl)cc1)NC(C)Cc1c(C)nn(C)c1C. The Bertz CT molecular complexity index is 754. The van der Waals surface area contributed by atoms with E-state index in [4.69, 9.17) is 16.6 Å². The van der Waals surface area contributed by atoms with Crippen molar-refractivity contribution in [3.63, 3.8) is 0 Å². The summed E-state index contributed by atoms with van der Waals surface area (Å²) in [5.41, 5.74) is 3.64. The second-order valence-corrected chi connectivity index (χ2v) is 8.19. The first-order chi connectivity index (χ1) is 12.9. The van der Waals surface area contributed by atoms with Crippen LogP contribution in [0.1, 0.15) is 30.8 Å². The van der Waals surface area contributed by atoms with E-state index in [1.165, 1.54) is 16.2 Å². The normalized spacial score (nSPS) is 12.9. The largest absolute Gasteiger partial charge is 0.357 e. The highest BCUT2D eigenvalue weighted by atomic mass is 35.5. The molecule has 0 saturated carbocycles. The summed E-state index contributed by atoms with van der Waals surface area (Å²) < 4.78 is 1.95. The van der Waals surface area contributed by atoms with Gasteiger partial charge in [0.25, 0.3) is 0 Å². The first-order valence-electron chi connectivity index (χ1n) is 9.33. The van der Waals surface area contributed by atoms with Crippen LogP contribution in [0, 0.1) is 13.8 Å². The van der Waals surface area contributed by atoms with Gasteiger partial charge in [-0.25, -0.2) is 0 Å². The molecular weight excluding hydrogens is 378 g/mol. The fourth-order valence-electron chi connectivity index (χ4n) is 2.88. The standard InChI is InChI=1S/C20H30ClN5S/c1-6-22-20(23-11-12-27-18-9-7-17(21)8-10-18)24-14(2)13-19-15(3)25-26(5)16(19)4/h7-10,14H,6,11-13H2,1-5H3,(H2,22,23,24). The summed E-state index contributed by atoms with van der Waals surface area (Å²) in [6.45, 7) is 10.0. The van der Waals surface area contributed by atoms with Crippen LogP contribution in [0.15, 0.2) is 34.2 Å². The van der Waals surface area contributed by atoms with E-state index in [9.17, 15) is 0 Å². The lowest BCUT2D eigenvalue weighted by atomic mass is 10.1. The van der Waals surface area contributed by atoms with Crippen molar-refractivity contribution in [2.24, 2.45) is 12.0 Å². The number of nitrogens with one attached hydrogen (secondary N) is 2. The third-order valence-electron chi connectivity index (χ3n) is 4.34. The molecule has 2 aromatic rings. The number of thioether (sulfide) groups is 1. The number of aryl methyl sites for hydroxylation is 2. The molecule has 0 fully saturated rings. The average Bonchev–Trinajstić information content (AvgIpc) is 2.86. The second kappa shape index (κ2) is 10.6. The third kappa shape index (κ3) is 6.78. The van der Waals surface area contributed by atoms with E-state index < -0.39 is 0 Å². The fourth-order valence-corrected chi connectivity index (χ4v) is 3.75. The minimum absolute atomic E-state index is 0.272. The summed E-state index contributed by atoms with van der Waals surface area (Å²) >= 11 is 7.71. The van der Waals surface area contributed by atoms with Gasteiger partial charge in [0.1, 0.15) is 0 Å². The topological polar surface area (TPSA) is 54.2 Å². The van der Waals surface area contributed by atoms with Crippen molar-refractivity contribution < 1.29 is 0 Å². The van der Waals surface area contributed by atoms with Gasteiger partial charge in [0, 0.05) is 41.0 Å². The van der Waals surface area contributed by atoms with Crippen LogP contribution in [-0.4, -0.2) is 40.6 Å². The van der Waals surface area contributed by atoms with Gasteiger partial charge in [-0.1, -0.05) is 11.6 Å². The van der Waals surface area contributed by atoms with Crippen molar-refractivity contribution in [2.75, 3.05) is 18.8 Å². The molecule has 0 aliphatic heterocycles. The zero-order valence-electron chi connectivity index (χ0n) is 16.8. The number of nitrogens with zero attached hydrogens (tertiary/aromatic N) is 3. The molecule has 1 atom stereocenters. The molecule has 0 aliphatic rings. The first-order valence-corrected chi connectivity index (χ1v) is 10.7. The van der Waals surface area contributed by atoms with Crippen molar-refractivity contribution in [3.8, 4) is 0 Å². The van der Waals surface area contributed by atoms with Gasteiger partial charge in [-0.2, -0.15) is 5.10 Å². The van der Waals surface area contributed by atoms with Crippen molar-refractivity contribution in [3.05, 3.63) is 46.2 Å². The van der Waals surface area contributed by atoms with Crippen LogP contribution in [0.5, 0.6) is 0 Å². The predicted octanol–water partition coefficient (Wildman–Crippen LogP) is 3.97. The average molecular weight is 408 g/mol. The Balaban J connectivity index is 1.87. The van der Waals surface area contributed by atoms with Crippen LogP contribution in [0.4, 0.5) is 0 Å². The van der Waals surface area contributed by atoms with Crippen molar-refractivity contribution in [2.45, 2.75) is 45.1 Å². The van der Waals surface area contributed by atoms with E-state index in [1.54, 1.807) is 11.8 Å². The van der Waals surface area contributed by atoms with Crippen molar-refractivity contribution in [1.29, 1.82) is 0 Å². The van der Waals surface area contributed by atoms with Gasteiger partial charge in [0.05, 0.1) is 12.2 Å². The minimum Gasteiger partial charge on any atom is -0.357 e. The molecule has 1 unspecified atom stereocenters. The van der Waals surface area contributed by atoms with E-state index in [-0.39, 0.29) is 6.04 Å². The van der Waals surface area contributed by atoms with E-state index in [0.29, 0.717) is 0 Å². The van der Waals surface area contributed by atoms with Crippen LogP contribution in [-0.2, 0) is 13.5 Å². The molecule has 0 aliphatic carbocycles. The molecule has 1 aromatic heterocycles. The molecule has 1 aromatic carbocycles. The lowest BCUT2D eigenvalue weighted by Crippen LogP contribution is -2.43. The summed E-state index contributed by atoms with van der Waals surface area (Å²) in [6, 6.07) is 8.20. The molecule has 0 radical (unpaired) electrons. The third-order valence-corrected chi connectivity index (χ3v) is 5.58. The highest BCUT2D eigenvalue weighted by Gasteiger charge is 2.13. The first kappa shape index (κ1) is 21.6. The van der Waals surface area contributed by atoms with E-state index in [1.807, 2.05) is 36.0 Å². The molecule has 7 heteroatoms. The van der Waals surface area contributed by atoms with Crippen LogP contribution < -0.4 is 10.6 Å². The van der Waals surface area contributed by atoms with E-state index >= 15 is 0 Å². The van der Waals surface area contributed by atoms with Gasteiger partial charge < -0.3 is 10.6 Å². The molecule has 0 saturated heterocycles. The second-order valence-electron chi connectivity index (χ2n) is 6.59. The van der Waals surface area contributed by atoms with E-state index in [2.05, 4.69) is 43.4 Å². The summed E-state index contributed by atoms with van der Waals surface area (Å²) in [5, 5.41) is 12.1. The van der Waals surface area contributed by atoms with Gasteiger partial charge in [0.2, 0.25) is 0 Å². The number of hydrogen-bond acceptors (Lipinski definition) is 3. The summed E-state index contributed by atoms with van der Waals surface area (Å²) in [5.74, 6) is 1.79. The Morgan fingerprint density at radius 2 is 2.00 bits per heavy atom. The highest BCUT2D eigenvalue weighted by molar-refractivity contribution is 7.99. The number of hydrogen-bond donors (Lipinski definition) is 2. The number of guanidine groups is 1. The van der Waals surface area contributed by atoms with Crippen molar-refractivity contribution >= 4 is 29.3 Å². The van der Waals surface area contributed by atoms with Gasteiger partial charge in [-0.3, -0.25) is 9.67 Å². The maximum Gasteiger partial charge on any atom is 0.191 e. The van der Waals surface area contributed by atoms with Gasteiger partial charge in [-0.05, 0) is 63.9 Å². The number of aliphatic imine (C=N–C) groups is 1.